The number of hydrogen-bond donors (Lipinski definition) is 1. The molecule has 0 saturated carbocycles. The summed E-state index contributed by atoms with van der Waals surface area (Å²) in [6.07, 6.45) is 1.71. The van der Waals surface area contributed by atoms with Crippen molar-refractivity contribution < 1.29 is 0 Å². The van der Waals surface area contributed by atoms with Crippen molar-refractivity contribution in [3.8, 4) is 12.1 Å². The summed E-state index contributed by atoms with van der Waals surface area (Å²) >= 11 is 1.19. The van der Waals surface area contributed by atoms with E-state index in [9.17, 15) is 0 Å². The van der Waals surface area contributed by atoms with Gasteiger partial charge in [0.05, 0.1) is 5.03 Å². The Morgan fingerprint density at radius 3 is 2.00 bits per heavy atom. The van der Waals surface area contributed by atoms with Crippen molar-refractivity contribution in [1.82, 2.24) is 0 Å². The van der Waals surface area contributed by atoms with Crippen LogP contribution in [-0.2, 0) is 0 Å². The van der Waals surface area contributed by atoms with E-state index in [2.05, 4.69) is 0 Å². The molecule has 3 nitrogen and oxygen atoms in total. The van der Waals surface area contributed by atoms with Gasteiger partial charge in [0.1, 0.15) is 12.1 Å². The standard InChI is InChI=1S/C5H5N3S/c1-9-5(8)4(2-6)3-7/h8H2,1H3. The fourth-order valence-electron chi connectivity index (χ4n) is 0.237. The highest BCUT2D eigenvalue weighted by atomic mass is 32.2. The largest absolute Gasteiger partial charge is 0.392 e. The molecular formula is C5H5N3S. The first-order chi connectivity index (χ1) is 4.26. The summed E-state index contributed by atoms with van der Waals surface area (Å²) in [4.78, 5) is 0. The van der Waals surface area contributed by atoms with Crippen molar-refractivity contribution in [2.45, 2.75) is 0 Å². The van der Waals surface area contributed by atoms with Crippen LogP contribution in [0.25, 0.3) is 0 Å². The lowest BCUT2D eigenvalue weighted by molar-refractivity contribution is 1.41. The molecule has 0 amide bonds. The van der Waals surface area contributed by atoms with Gasteiger partial charge < -0.3 is 5.73 Å². The highest BCUT2D eigenvalue weighted by molar-refractivity contribution is 8.02. The average molecular weight is 139 g/mol. The van der Waals surface area contributed by atoms with Gasteiger partial charge in [-0.2, -0.15) is 10.5 Å². The molecule has 9 heavy (non-hydrogen) atoms. The quantitative estimate of drug-likeness (QED) is 0.539. The molecule has 0 spiro atoms. The van der Waals surface area contributed by atoms with Crippen LogP contribution in [0.3, 0.4) is 0 Å². The fourth-order valence-corrected chi connectivity index (χ4v) is 0.533. The third-order valence-electron chi connectivity index (χ3n) is 0.690. The molecule has 0 aromatic rings. The Hall–Kier alpha value is -1.13. The Morgan fingerprint density at radius 2 is 1.89 bits per heavy atom. The smallest absolute Gasteiger partial charge is 0.159 e. The summed E-state index contributed by atoms with van der Waals surface area (Å²) < 4.78 is 0. The molecule has 0 atom stereocenters. The number of nitrogens with two attached hydrogens (primary N) is 1. The van der Waals surface area contributed by atoms with Gasteiger partial charge in [0.25, 0.3) is 0 Å². The van der Waals surface area contributed by atoms with Gasteiger partial charge in [-0.1, -0.05) is 0 Å². The Balaban J connectivity index is 4.49. The van der Waals surface area contributed by atoms with Crippen LogP contribution < -0.4 is 5.73 Å². The molecule has 0 fully saturated rings. The van der Waals surface area contributed by atoms with Gasteiger partial charge in [0.2, 0.25) is 0 Å². The first-order valence-corrected chi connectivity index (χ1v) is 3.32. The van der Waals surface area contributed by atoms with Crippen molar-refractivity contribution in [2.24, 2.45) is 5.73 Å². The van der Waals surface area contributed by atoms with E-state index in [0.29, 0.717) is 0 Å². The summed E-state index contributed by atoms with van der Waals surface area (Å²) in [7, 11) is 0. The minimum absolute atomic E-state index is 0.0116. The molecule has 0 rings (SSSR count). The Morgan fingerprint density at radius 1 is 1.44 bits per heavy atom. The van der Waals surface area contributed by atoms with Crippen molar-refractivity contribution in [2.75, 3.05) is 6.26 Å². The van der Waals surface area contributed by atoms with Crippen LogP contribution in [0.5, 0.6) is 0 Å². The van der Waals surface area contributed by atoms with E-state index in [1.54, 1.807) is 18.4 Å². The second-order valence-electron chi connectivity index (χ2n) is 1.17. The first kappa shape index (κ1) is 7.87. The zero-order chi connectivity index (χ0) is 7.28. The number of nitrogens with zero attached hydrogens (tertiary/aromatic N) is 2. The second kappa shape index (κ2) is 3.82. The van der Waals surface area contributed by atoms with Crippen LogP contribution in [0.1, 0.15) is 0 Å². The summed E-state index contributed by atoms with van der Waals surface area (Å²) in [5, 5.41) is 16.7. The van der Waals surface area contributed by atoms with Gasteiger partial charge in [-0.25, -0.2) is 0 Å². The average Bonchev–Trinajstić information content (AvgIpc) is 1.90. The van der Waals surface area contributed by atoms with Crippen LogP contribution in [0.15, 0.2) is 10.6 Å². The zero-order valence-electron chi connectivity index (χ0n) is 4.88. The van der Waals surface area contributed by atoms with E-state index in [4.69, 9.17) is 16.3 Å². The number of thioether (sulfide) groups is 1. The summed E-state index contributed by atoms with van der Waals surface area (Å²) in [6.45, 7) is 0. The molecule has 2 N–H and O–H groups in total. The Bertz CT molecular complexity index is 189. The third-order valence-corrected chi connectivity index (χ3v) is 1.33. The molecule has 0 unspecified atom stereocenters. The van der Waals surface area contributed by atoms with Crippen molar-refractivity contribution >= 4 is 11.8 Å². The van der Waals surface area contributed by atoms with E-state index in [0.717, 1.165) is 0 Å². The molecule has 0 bridgehead atoms. The topological polar surface area (TPSA) is 73.6 Å². The molecule has 0 aromatic heterocycles. The summed E-state index contributed by atoms with van der Waals surface area (Å²) in [6, 6.07) is 3.35. The molecule has 0 aliphatic rings. The minimum atomic E-state index is -0.0116. The monoisotopic (exact) mass is 139 g/mol. The molecule has 46 valence electrons. The van der Waals surface area contributed by atoms with Crippen molar-refractivity contribution in [3.05, 3.63) is 10.6 Å². The predicted molar refractivity (Wildman–Crippen MR) is 36.0 cm³/mol. The van der Waals surface area contributed by atoms with E-state index in [-0.39, 0.29) is 10.6 Å². The van der Waals surface area contributed by atoms with Crippen LogP contribution >= 0.6 is 11.8 Å². The van der Waals surface area contributed by atoms with Crippen LogP contribution in [0.2, 0.25) is 0 Å². The Kier molecular flexibility index (Phi) is 3.34. The summed E-state index contributed by atoms with van der Waals surface area (Å²) in [5.74, 6) is 0. The zero-order valence-corrected chi connectivity index (χ0v) is 5.70. The number of rotatable bonds is 1. The van der Waals surface area contributed by atoms with Gasteiger partial charge >= 0.3 is 0 Å². The van der Waals surface area contributed by atoms with Gasteiger partial charge in [-0.05, 0) is 6.26 Å². The summed E-state index contributed by atoms with van der Waals surface area (Å²) in [5.41, 5.74) is 5.22. The van der Waals surface area contributed by atoms with Crippen LogP contribution in [-0.4, -0.2) is 6.26 Å². The van der Waals surface area contributed by atoms with Gasteiger partial charge in [0.15, 0.2) is 5.57 Å². The van der Waals surface area contributed by atoms with E-state index >= 15 is 0 Å². The lowest BCUT2D eigenvalue weighted by atomic mass is 10.4. The van der Waals surface area contributed by atoms with Crippen molar-refractivity contribution in [3.63, 3.8) is 0 Å². The number of nitriles is 2. The molecule has 4 heteroatoms. The molecule has 0 aromatic carbocycles. The molecule has 0 heterocycles. The Labute approximate surface area is 57.8 Å². The SMILES string of the molecule is CSC(N)=C(C#N)C#N. The normalized spacial score (nSPS) is 7.00. The number of allylic oxidation sites excluding steroid dienone is 1. The molecule has 0 saturated heterocycles. The maximum absolute atomic E-state index is 8.20. The molecule has 0 radical (unpaired) electrons. The van der Waals surface area contributed by atoms with Crippen LogP contribution in [0, 0.1) is 22.7 Å². The van der Waals surface area contributed by atoms with E-state index < -0.39 is 0 Å². The van der Waals surface area contributed by atoms with E-state index in [1.165, 1.54) is 11.8 Å². The second-order valence-corrected chi connectivity index (χ2v) is 2.02. The van der Waals surface area contributed by atoms with Crippen molar-refractivity contribution in [1.29, 1.82) is 10.5 Å². The maximum Gasteiger partial charge on any atom is 0.159 e. The first-order valence-electron chi connectivity index (χ1n) is 2.10. The highest BCUT2D eigenvalue weighted by Gasteiger charge is 1.97. The molecule has 0 aliphatic carbocycles. The number of hydrogen-bond acceptors (Lipinski definition) is 4. The van der Waals surface area contributed by atoms with Gasteiger partial charge in [0, 0.05) is 0 Å². The predicted octanol–water partition coefficient (Wildman–Crippen LogP) is 0.567. The van der Waals surface area contributed by atoms with Gasteiger partial charge in [-0.15, -0.1) is 11.8 Å². The highest BCUT2D eigenvalue weighted by Crippen LogP contribution is 2.07. The van der Waals surface area contributed by atoms with E-state index in [1.807, 2.05) is 0 Å². The third kappa shape index (κ3) is 2.07. The van der Waals surface area contributed by atoms with Crippen LogP contribution in [0.4, 0.5) is 0 Å². The molecular weight excluding hydrogens is 134 g/mol. The fraction of sp³-hybridized carbons (Fsp3) is 0.200. The minimum Gasteiger partial charge on any atom is -0.392 e. The van der Waals surface area contributed by atoms with Gasteiger partial charge in [-0.3, -0.25) is 0 Å². The molecule has 0 aliphatic heterocycles. The lowest BCUT2D eigenvalue weighted by Crippen LogP contribution is -1.94. The lowest BCUT2D eigenvalue weighted by Gasteiger charge is -1.89. The maximum atomic E-state index is 8.20.